The Morgan fingerprint density at radius 1 is 1.69 bits per heavy atom. The molecule has 1 aliphatic heterocycles. The zero-order chi connectivity index (χ0) is 11.4. The lowest BCUT2D eigenvalue weighted by Gasteiger charge is -2.34. The van der Waals surface area contributed by atoms with Crippen molar-refractivity contribution in [3.8, 4) is 0 Å². The third-order valence-corrected chi connectivity index (χ3v) is 3.12. The second-order valence-corrected chi connectivity index (χ2v) is 4.17. The number of nitrogens with one attached hydrogen (secondary N) is 2. The van der Waals surface area contributed by atoms with Crippen molar-refractivity contribution in [3.63, 3.8) is 0 Å². The second-order valence-electron chi connectivity index (χ2n) is 4.17. The van der Waals surface area contributed by atoms with Crippen molar-refractivity contribution in [1.82, 2.24) is 20.4 Å². The molecule has 0 aromatic carbocycles. The third kappa shape index (κ3) is 2.41. The number of aromatic nitrogens is 2. The molecule has 0 saturated carbocycles. The number of H-pyrrole nitrogens is 1. The van der Waals surface area contributed by atoms with E-state index in [-0.39, 0.29) is 5.91 Å². The van der Waals surface area contributed by atoms with Gasteiger partial charge in [0, 0.05) is 13.2 Å². The van der Waals surface area contributed by atoms with Crippen molar-refractivity contribution >= 4 is 5.91 Å². The molecule has 5 nitrogen and oxygen atoms in total. The van der Waals surface area contributed by atoms with Gasteiger partial charge < -0.3 is 5.32 Å². The zero-order valence-corrected chi connectivity index (χ0v) is 9.57. The Kier molecular flexibility index (Phi) is 3.56. The molecule has 1 aromatic rings. The minimum absolute atomic E-state index is 0.0754. The summed E-state index contributed by atoms with van der Waals surface area (Å²) in [5, 5.41) is 9.66. The van der Waals surface area contributed by atoms with Crippen molar-refractivity contribution in [2.45, 2.75) is 25.3 Å². The van der Waals surface area contributed by atoms with Crippen molar-refractivity contribution in [2.24, 2.45) is 0 Å². The SMILES string of the molecule is CNC(=O)CN1CCCC[C@@H]1c1ccn[nH]1. The number of hydrogen-bond donors (Lipinski definition) is 2. The molecule has 1 aliphatic rings. The minimum atomic E-state index is 0.0754. The van der Waals surface area contributed by atoms with Crippen LogP contribution in [0.25, 0.3) is 0 Å². The molecular formula is C11H18N4O. The lowest BCUT2D eigenvalue weighted by Crippen LogP contribution is -2.40. The summed E-state index contributed by atoms with van der Waals surface area (Å²) in [7, 11) is 1.68. The Balaban J connectivity index is 2.05. The quantitative estimate of drug-likeness (QED) is 0.790. The summed E-state index contributed by atoms with van der Waals surface area (Å²) >= 11 is 0. The van der Waals surface area contributed by atoms with Crippen LogP contribution in [0.15, 0.2) is 12.3 Å². The van der Waals surface area contributed by atoms with Crippen LogP contribution in [0, 0.1) is 0 Å². The van der Waals surface area contributed by atoms with Gasteiger partial charge in [-0.1, -0.05) is 6.42 Å². The van der Waals surface area contributed by atoms with Gasteiger partial charge in [-0.05, 0) is 25.5 Å². The molecule has 0 unspecified atom stereocenters. The molecule has 0 spiro atoms. The van der Waals surface area contributed by atoms with E-state index < -0.39 is 0 Å². The molecule has 1 saturated heterocycles. The Hall–Kier alpha value is -1.36. The van der Waals surface area contributed by atoms with Crippen LogP contribution < -0.4 is 5.32 Å². The van der Waals surface area contributed by atoms with Crippen molar-refractivity contribution in [2.75, 3.05) is 20.1 Å². The maximum absolute atomic E-state index is 11.4. The normalized spacial score (nSPS) is 21.9. The number of rotatable bonds is 3. The zero-order valence-electron chi connectivity index (χ0n) is 9.57. The first-order chi connectivity index (χ1) is 7.81. The summed E-state index contributed by atoms with van der Waals surface area (Å²) in [6.07, 6.45) is 5.25. The number of likely N-dealkylation sites (tertiary alicyclic amines) is 1. The van der Waals surface area contributed by atoms with Crippen molar-refractivity contribution in [1.29, 1.82) is 0 Å². The molecule has 16 heavy (non-hydrogen) atoms. The lowest BCUT2D eigenvalue weighted by atomic mass is 9.99. The maximum atomic E-state index is 11.4. The third-order valence-electron chi connectivity index (χ3n) is 3.12. The highest BCUT2D eigenvalue weighted by Gasteiger charge is 2.25. The van der Waals surface area contributed by atoms with Crippen LogP contribution >= 0.6 is 0 Å². The Labute approximate surface area is 95.2 Å². The number of hydrogen-bond acceptors (Lipinski definition) is 3. The van der Waals surface area contributed by atoms with E-state index in [0.717, 1.165) is 18.7 Å². The first-order valence-corrected chi connectivity index (χ1v) is 5.75. The molecule has 0 aliphatic carbocycles. The largest absolute Gasteiger partial charge is 0.358 e. The molecule has 0 radical (unpaired) electrons. The molecule has 2 heterocycles. The van der Waals surface area contributed by atoms with Crippen LogP contribution in [0.4, 0.5) is 0 Å². The highest BCUT2D eigenvalue weighted by Crippen LogP contribution is 2.28. The van der Waals surface area contributed by atoms with Crippen LogP contribution in [0.2, 0.25) is 0 Å². The highest BCUT2D eigenvalue weighted by molar-refractivity contribution is 5.77. The van der Waals surface area contributed by atoms with Crippen molar-refractivity contribution < 1.29 is 4.79 Å². The van der Waals surface area contributed by atoms with E-state index >= 15 is 0 Å². The predicted molar refractivity (Wildman–Crippen MR) is 60.8 cm³/mol. The molecule has 1 atom stereocenters. The summed E-state index contributed by atoms with van der Waals surface area (Å²) in [6, 6.07) is 2.31. The van der Waals surface area contributed by atoms with E-state index in [0.29, 0.717) is 12.6 Å². The maximum Gasteiger partial charge on any atom is 0.233 e. The minimum Gasteiger partial charge on any atom is -0.358 e. The molecule has 1 fully saturated rings. The van der Waals surface area contributed by atoms with Crippen LogP contribution in [0.5, 0.6) is 0 Å². The van der Waals surface area contributed by atoms with Crippen LogP contribution in [-0.4, -0.2) is 41.1 Å². The molecular weight excluding hydrogens is 204 g/mol. The molecule has 1 aromatic heterocycles. The Morgan fingerprint density at radius 3 is 3.25 bits per heavy atom. The summed E-state index contributed by atoms with van der Waals surface area (Å²) in [4.78, 5) is 13.6. The monoisotopic (exact) mass is 222 g/mol. The topological polar surface area (TPSA) is 61.0 Å². The molecule has 1 amide bonds. The number of carbonyl (C=O) groups excluding carboxylic acids is 1. The number of carbonyl (C=O) groups is 1. The average molecular weight is 222 g/mol. The van der Waals surface area contributed by atoms with Gasteiger partial charge in [0.05, 0.1) is 18.3 Å². The number of piperidine rings is 1. The standard InChI is InChI=1S/C11H18N4O/c1-12-11(16)8-15-7-3-2-4-10(15)9-5-6-13-14-9/h5-6,10H,2-4,7-8H2,1H3,(H,12,16)(H,13,14)/t10-/m1/s1. The van der Waals surface area contributed by atoms with Crippen molar-refractivity contribution in [3.05, 3.63) is 18.0 Å². The van der Waals surface area contributed by atoms with Gasteiger partial charge in [-0.25, -0.2) is 0 Å². The van der Waals surface area contributed by atoms with E-state index in [2.05, 4.69) is 20.4 Å². The summed E-state index contributed by atoms with van der Waals surface area (Å²) < 4.78 is 0. The highest BCUT2D eigenvalue weighted by atomic mass is 16.1. The number of likely N-dealkylation sites (N-methyl/N-ethyl adjacent to an activating group) is 1. The summed E-state index contributed by atoms with van der Waals surface area (Å²) in [5.74, 6) is 0.0754. The Bertz CT molecular complexity index is 336. The molecule has 88 valence electrons. The second kappa shape index (κ2) is 5.12. The predicted octanol–water partition coefficient (Wildman–Crippen LogP) is 0.683. The summed E-state index contributed by atoms with van der Waals surface area (Å²) in [6.45, 7) is 1.46. The van der Waals surface area contributed by atoms with Crippen LogP contribution in [-0.2, 0) is 4.79 Å². The average Bonchev–Trinajstić information content (AvgIpc) is 2.83. The van der Waals surface area contributed by atoms with Gasteiger partial charge >= 0.3 is 0 Å². The van der Waals surface area contributed by atoms with E-state index in [9.17, 15) is 4.79 Å². The van der Waals surface area contributed by atoms with Gasteiger partial charge in [-0.2, -0.15) is 5.10 Å². The van der Waals surface area contributed by atoms with E-state index in [4.69, 9.17) is 0 Å². The molecule has 2 N–H and O–H groups in total. The number of aromatic amines is 1. The molecule has 0 bridgehead atoms. The van der Waals surface area contributed by atoms with Gasteiger partial charge in [-0.15, -0.1) is 0 Å². The van der Waals surface area contributed by atoms with Crippen LogP contribution in [0.1, 0.15) is 31.0 Å². The molecule has 5 heteroatoms. The fourth-order valence-corrected chi connectivity index (χ4v) is 2.25. The molecule has 2 rings (SSSR count). The van der Waals surface area contributed by atoms with Gasteiger partial charge in [-0.3, -0.25) is 14.8 Å². The lowest BCUT2D eigenvalue weighted by molar-refractivity contribution is -0.122. The van der Waals surface area contributed by atoms with E-state index in [1.54, 1.807) is 13.2 Å². The first kappa shape index (κ1) is 11.1. The van der Waals surface area contributed by atoms with Gasteiger partial charge in [0.25, 0.3) is 0 Å². The van der Waals surface area contributed by atoms with Gasteiger partial charge in [0.1, 0.15) is 0 Å². The number of nitrogens with zero attached hydrogens (tertiary/aromatic N) is 2. The summed E-state index contributed by atoms with van der Waals surface area (Å²) in [5.41, 5.74) is 1.11. The first-order valence-electron chi connectivity index (χ1n) is 5.75. The van der Waals surface area contributed by atoms with E-state index in [1.165, 1.54) is 12.8 Å². The smallest absolute Gasteiger partial charge is 0.233 e. The number of amides is 1. The fourth-order valence-electron chi connectivity index (χ4n) is 2.25. The van der Waals surface area contributed by atoms with Gasteiger partial charge in [0.2, 0.25) is 5.91 Å². The van der Waals surface area contributed by atoms with Gasteiger partial charge in [0.15, 0.2) is 0 Å². The Morgan fingerprint density at radius 2 is 2.56 bits per heavy atom. The fraction of sp³-hybridized carbons (Fsp3) is 0.636. The van der Waals surface area contributed by atoms with Crippen LogP contribution in [0.3, 0.4) is 0 Å². The van der Waals surface area contributed by atoms with E-state index in [1.807, 2.05) is 6.07 Å².